The fraction of sp³-hybridized carbons (Fsp3) is 0.179. The van der Waals surface area contributed by atoms with Gasteiger partial charge in [0.2, 0.25) is 5.17 Å². The molecule has 3 aromatic rings. The van der Waals surface area contributed by atoms with Crippen LogP contribution in [0.15, 0.2) is 82.7 Å². The number of aryl methyl sites for hydroxylation is 2. The zero-order chi connectivity index (χ0) is 25.8. The molecule has 0 aliphatic carbocycles. The second kappa shape index (κ2) is 10.8. The van der Waals surface area contributed by atoms with E-state index in [1.807, 2.05) is 68.4 Å². The Balaban J connectivity index is 1.18. The van der Waals surface area contributed by atoms with Gasteiger partial charge in [-0.1, -0.05) is 30.3 Å². The molecule has 1 N–H and O–H groups in total. The first-order valence-corrected chi connectivity index (χ1v) is 12.6. The number of hydrogen-bond donors (Lipinski definition) is 1. The van der Waals surface area contributed by atoms with Crippen molar-refractivity contribution in [1.29, 1.82) is 5.41 Å². The third-order valence-electron chi connectivity index (χ3n) is 5.77. The van der Waals surface area contributed by atoms with Gasteiger partial charge >= 0.3 is 0 Å². The Kier molecular flexibility index (Phi) is 7.14. The lowest BCUT2D eigenvalue weighted by molar-refractivity contribution is -0.114. The lowest BCUT2D eigenvalue weighted by Crippen LogP contribution is -2.35. The number of pyridine rings is 1. The smallest absolute Gasteiger partial charge is 0.283 e. The lowest BCUT2D eigenvalue weighted by Gasteiger charge is -2.20. The van der Waals surface area contributed by atoms with Crippen LogP contribution in [0.4, 0.5) is 0 Å². The predicted molar refractivity (Wildman–Crippen MR) is 146 cm³/mol. The number of hydrazone groups is 1. The molecule has 1 amide bonds. The topological polar surface area (TPSA) is 100 Å². The number of carbonyl (C=O) groups excluding carboxylic acids is 1. The van der Waals surface area contributed by atoms with Crippen LogP contribution in [0.3, 0.4) is 0 Å². The SMILES string of the molecule is Cc1cccc(C)c1OCCCOc1ccc(C=C2C(=N)N3N=C(c4cccnc4)SC3=NC2=O)cc1. The lowest BCUT2D eigenvalue weighted by atomic mass is 10.1. The van der Waals surface area contributed by atoms with Gasteiger partial charge in [0.05, 0.1) is 18.8 Å². The fourth-order valence-corrected chi connectivity index (χ4v) is 4.76. The molecule has 5 rings (SSSR count). The predicted octanol–water partition coefficient (Wildman–Crippen LogP) is 5.21. The Morgan fingerprint density at radius 1 is 1.00 bits per heavy atom. The molecule has 37 heavy (non-hydrogen) atoms. The minimum atomic E-state index is -0.462. The number of carbonyl (C=O) groups is 1. The van der Waals surface area contributed by atoms with Gasteiger partial charge in [-0.3, -0.25) is 15.2 Å². The number of aliphatic imine (C=N–C) groups is 1. The van der Waals surface area contributed by atoms with Gasteiger partial charge in [-0.05, 0) is 72.6 Å². The van der Waals surface area contributed by atoms with E-state index in [-0.39, 0.29) is 11.4 Å². The van der Waals surface area contributed by atoms with Crippen molar-refractivity contribution >= 4 is 39.8 Å². The maximum absolute atomic E-state index is 12.7. The molecule has 0 saturated heterocycles. The van der Waals surface area contributed by atoms with Crippen LogP contribution in [0.25, 0.3) is 6.08 Å². The molecule has 0 radical (unpaired) electrons. The molecular weight excluding hydrogens is 486 g/mol. The Bertz CT molecular complexity index is 1410. The van der Waals surface area contributed by atoms with Crippen LogP contribution in [-0.2, 0) is 4.79 Å². The molecule has 0 bridgehead atoms. The van der Waals surface area contributed by atoms with Gasteiger partial charge in [0.25, 0.3) is 5.91 Å². The molecule has 2 aliphatic rings. The van der Waals surface area contributed by atoms with E-state index >= 15 is 0 Å². The molecule has 0 unspecified atom stereocenters. The van der Waals surface area contributed by atoms with Gasteiger partial charge < -0.3 is 9.47 Å². The summed E-state index contributed by atoms with van der Waals surface area (Å²) in [5.74, 6) is 1.19. The summed E-state index contributed by atoms with van der Waals surface area (Å²) in [5, 5.41) is 15.4. The van der Waals surface area contributed by atoms with E-state index in [1.165, 1.54) is 16.8 Å². The van der Waals surface area contributed by atoms with Crippen molar-refractivity contribution in [3.63, 3.8) is 0 Å². The third kappa shape index (κ3) is 5.46. The average molecular weight is 512 g/mol. The normalized spacial score (nSPS) is 15.9. The first kappa shape index (κ1) is 24.5. The summed E-state index contributed by atoms with van der Waals surface area (Å²) in [6.07, 6.45) is 5.77. The molecule has 0 saturated carbocycles. The van der Waals surface area contributed by atoms with E-state index in [9.17, 15) is 4.79 Å². The quantitative estimate of drug-likeness (QED) is 0.329. The molecular formula is C28H25N5O3S. The molecule has 8 nitrogen and oxygen atoms in total. The van der Waals surface area contributed by atoms with Crippen LogP contribution in [0.1, 0.15) is 28.7 Å². The molecule has 9 heteroatoms. The van der Waals surface area contributed by atoms with Crippen LogP contribution >= 0.6 is 11.8 Å². The maximum Gasteiger partial charge on any atom is 0.283 e. The Hall–Kier alpha value is -4.24. The first-order valence-electron chi connectivity index (χ1n) is 11.8. The number of para-hydroxylation sites is 1. The van der Waals surface area contributed by atoms with Gasteiger partial charge in [0.1, 0.15) is 16.5 Å². The highest BCUT2D eigenvalue weighted by atomic mass is 32.2. The molecule has 2 aromatic carbocycles. The molecule has 1 aromatic heterocycles. The number of ether oxygens (including phenoxy) is 2. The highest BCUT2D eigenvalue weighted by molar-refractivity contribution is 8.27. The van der Waals surface area contributed by atoms with Crippen LogP contribution < -0.4 is 9.47 Å². The number of benzene rings is 2. The molecule has 0 atom stereocenters. The first-order chi connectivity index (χ1) is 18.0. The number of thioether (sulfide) groups is 1. The van der Waals surface area contributed by atoms with Gasteiger partial charge in [-0.25, -0.2) is 0 Å². The van der Waals surface area contributed by atoms with Crippen molar-refractivity contribution in [2.24, 2.45) is 10.1 Å². The Morgan fingerprint density at radius 2 is 1.76 bits per heavy atom. The highest BCUT2D eigenvalue weighted by Crippen LogP contribution is 2.31. The second-order valence-electron chi connectivity index (χ2n) is 8.51. The molecule has 3 heterocycles. The summed E-state index contributed by atoms with van der Waals surface area (Å²) in [6.45, 7) is 5.18. The summed E-state index contributed by atoms with van der Waals surface area (Å²) in [5.41, 5.74) is 4.00. The number of amidine groups is 2. The average Bonchev–Trinajstić information content (AvgIpc) is 3.33. The number of nitrogens with zero attached hydrogens (tertiary/aromatic N) is 4. The molecule has 186 valence electrons. The van der Waals surface area contributed by atoms with Crippen molar-refractivity contribution < 1.29 is 14.3 Å². The summed E-state index contributed by atoms with van der Waals surface area (Å²) in [7, 11) is 0. The minimum Gasteiger partial charge on any atom is -0.493 e. The summed E-state index contributed by atoms with van der Waals surface area (Å²) < 4.78 is 11.8. The van der Waals surface area contributed by atoms with Crippen LogP contribution in [0, 0.1) is 19.3 Å². The van der Waals surface area contributed by atoms with E-state index in [2.05, 4.69) is 15.1 Å². The summed E-state index contributed by atoms with van der Waals surface area (Å²) in [4.78, 5) is 20.9. The number of nitrogens with one attached hydrogen (secondary N) is 1. The fourth-order valence-electron chi connectivity index (χ4n) is 3.87. The van der Waals surface area contributed by atoms with E-state index in [1.54, 1.807) is 18.5 Å². The Labute approximate surface area is 219 Å². The van der Waals surface area contributed by atoms with Crippen molar-refractivity contribution in [2.75, 3.05) is 13.2 Å². The zero-order valence-corrected chi connectivity index (χ0v) is 21.3. The van der Waals surface area contributed by atoms with Crippen LogP contribution in [-0.4, -0.2) is 45.2 Å². The van der Waals surface area contributed by atoms with Crippen molar-refractivity contribution in [3.05, 3.63) is 94.8 Å². The number of aromatic nitrogens is 1. The summed E-state index contributed by atoms with van der Waals surface area (Å²) >= 11 is 1.25. The van der Waals surface area contributed by atoms with Gasteiger partial charge in [0.15, 0.2) is 5.84 Å². The van der Waals surface area contributed by atoms with E-state index in [0.29, 0.717) is 23.4 Å². The second-order valence-corrected chi connectivity index (χ2v) is 9.46. The van der Waals surface area contributed by atoms with Crippen LogP contribution in [0.2, 0.25) is 0 Å². The van der Waals surface area contributed by atoms with Crippen molar-refractivity contribution in [3.8, 4) is 11.5 Å². The molecule has 2 aliphatic heterocycles. The largest absolute Gasteiger partial charge is 0.493 e. The third-order valence-corrected chi connectivity index (χ3v) is 6.72. The van der Waals surface area contributed by atoms with Gasteiger partial charge in [-0.15, -0.1) is 0 Å². The number of amides is 1. The molecule has 0 spiro atoms. The highest BCUT2D eigenvalue weighted by Gasteiger charge is 2.36. The summed E-state index contributed by atoms with van der Waals surface area (Å²) in [6, 6.07) is 17.2. The standard InChI is InChI=1S/C28H25N5O3S/c1-18-6-3-7-19(2)24(18)36-15-5-14-35-22-11-9-20(10-12-22)16-23-25(29)33-28(31-26(23)34)37-27(32-33)21-8-4-13-30-17-21/h3-4,6-13,16-17,29H,5,14-15H2,1-2H3. The maximum atomic E-state index is 12.7. The minimum absolute atomic E-state index is 0.00870. The van der Waals surface area contributed by atoms with Crippen LogP contribution in [0.5, 0.6) is 11.5 Å². The molecule has 0 fully saturated rings. The van der Waals surface area contributed by atoms with E-state index < -0.39 is 5.91 Å². The Morgan fingerprint density at radius 3 is 2.49 bits per heavy atom. The number of rotatable bonds is 8. The van der Waals surface area contributed by atoms with Gasteiger partial charge in [0, 0.05) is 24.4 Å². The number of hydrogen-bond acceptors (Lipinski definition) is 7. The van der Waals surface area contributed by atoms with Crippen molar-refractivity contribution in [1.82, 2.24) is 9.99 Å². The number of fused-ring (bicyclic) bond motifs is 1. The monoisotopic (exact) mass is 511 g/mol. The van der Waals surface area contributed by atoms with Crippen molar-refractivity contribution in [2.45, 2.75) is 20.3 Å². The van der Waals surface area contributed by atoms with E-state index in [0.717, 1.165) is 40.2 Å². The van der Waals surface area contributed by atoms with Gasteiger partial charge in [-0.2, -0.15) is 15.1 Å². The zero-order valence-electron chi connectivity index (χ0n) is 20.5. The van der Waals surface area contributed by atoms with E-state index in [4.69, 9.17) is 14.9 Å².